The van der Waals surface area contributed by atoms with Crippen LogP contribution >= 0.6 is 11.6 Å². The highest BCUT2D eigenvalue weighted by Gasteiger charge is 2.36. The van der Waals surface area contributed by atoms with E-state index in [2.05, 4.69) is 15.6 Å². The van der Waals surface area contributed by atoms with E-state index in [1.54, 1.807) is 18.5 Å². The standard InChI is InChI=1S/C25H31ClF3N5O3/c1-14(2)31-24-32-20-13-34(22(36)16-8-9-19(26)18(12-16)25(27,28)29)15(3)11-17(20)23(37)33(24)10-6-5-7-21(35)30-4/h8-9,12,14-15H,5-7,10-11,13H2,1-4H3,(H,30,35)(H,31,32)/t15-/m1/s1. The minimum atomic E-state index is -4.70. The summed E-state index contributed by atoms with van der Waals surface area (Å²) in [5.41, 5.74) is -0.559. The monoisotopic (exact) mass is 541 g/mol. The molecule has 2 aromatic rings. The van der Waals surface area contributed by atoms with E-state index < -0.39 is 28.7 Å². The van der Waals surface area contributed by atoms with Crippen LogP contribution in [0.25, 0.3) is 0 Å². The largest absolute Gasteiger partial charge is 0.417 e. The van der Waals surface area contributed by atoms with Crippen LogP contribution in [0.15, 0.2) is 23.0 Å². The quantitative estimate of drug-likeness (QED) is 0.487. The van der Waals surface area contributed by atoms with E-state index in [9.17, 15) is 27.6 Å². The van der Waals surface area contributed by atoms with Gasteiger partial charge in [0.1, 0.15) is 0 Å². The number of amides is 2. The van der Waals surface area contributed by atoms with Gasteiger partial charge in [0, 0.05) is 43.2 Å². The first-order valence-electron chi connectivity index (χ1n) is 12.1. The van der Waals surface area contributed by atoms with Crippen LogP contribution in [0, 0.1) is 0 Å². The Morgan fingerprint density at radius 1 is 1.24 bits per heavy atom. The van der Waals surface area contributed by atoms with Gasteiger partial charge in [0.2, 0.25) is 11.9 Å². The lowest BCUT2D eigenvalue weighted by atomic mass is 9.98. The van der Waals surface area contributed by atoms with Crippen LogP contribution in [0.2, 0.25) is 5.02 Å². The molecule has 0 saturated carbocycles. The second-order valence-corrected chi connectivity index (χ2v) is 9.83. The van der Waals surface area contributed by atoms with Crippen molar-refractivity contribution in [3.05, 3.63) is 56.0 Å². The number of hydrogen-bond acceptors (Lipinski definition) is 5. The number of aromatic nitrogens is 2. The van der Waals surface area contributed by atoms with Crippen LogP contribution in [0.1, 0.15) is 67.2 Å². The topological polar surface area (TPSA) is 96.3 Å². The summed E-state index contributed by atoms with van der Waals surface area (Å²) in [6.45, 7) is 5.90. The van der Waals surface area contributed by atoms with Crippen molar-refractivity contribution < 1.29 is 22.8 Å². The molecule has 1 aromatic heterocycles. The summed E-state index contributed by atoms with van der Waals surface area (Å²) in [4.78, 5) is 44.3. The zero-order valence-electron chi connectivity index (χ0n) is 21.2. The fourth-order valence-electron chi connectivity index (χ4n) is 4.27. The van der Waals surface area contributed by atoms with Crippen molar-refractivity contribution in [3.63, 3.8) is 0 Å². The Balaban J connectivity index is 1.91. The summed E-state index contributed by atoms with van der Waals surface area (Å²) >= 11 is 5.71. The van der Waals surface area contributed by atoms with Gasteiger partial charge in [-0.05, 0) is 58.2 Å². The molecular weight excluding hydrogens is 511 g/mol. The smallest absolute Gasteiger partial charge is 0.359 e. The Bertz CT molecular complexity index is 1230. The third-order valence-electron chi connectivity index (χ3n) is 6.21. The lowest BCUT2D eigenvalue weighted by Gasteiger charge is -2.35. The van der Waals surface area contributed by atoms with E-state index in [1.807, 2.05) is 13.8 Å². The van der Waals surface area contributed by atoms with Crippen molar-refractivity contribution in [2.75, 3.05) is 12.4 Å². The number of fused-ring (bicyclic) bond motifs is 1. The molecule has 202 valence electrons. The fraction of sp³-hybridized carbons (Fsp3) is 0.520. The fourth-order valence-corrected chi connectivity index (χ4v) is 4.49. The molecular formula is C25H31ClF3N5O3. The van der Waals surface area contributed by atoms with Crippen LogP contribution in [-0.2, 0) is 30.5 Å². The normalized spacial score (nSPS) is 15.5. The number of rotatable bonds is 8. The molecule has 12 heteroatoms. The zero-order chi connectivity index (χ0) is 27.5. The van der Waals surface area contributed by atoms with Crippen molar-refractivity contribution in [3.8, 4) is 0 Å². The lowest BCUT2D eigenvalue weighted by molar-refractivity contribution is -0.137. The first-order valence-corrected chi connectivity index (χ1v) is 12.5. The Morgan fingerprint density at radius 3 is 2.57 bits per heavy atom. The molecule has 3 rings (SSSR count). The first-order chi connectivity index (χ1) is 17.3. The number of benzene rings is 1. The Labute approximate surface area is 218 Å². The van der Waals surface area contributed by atoms with Gasteiger partial charge < -0.3 is 15.5 Å². The third-order valence-corrected chi connectivity index (χ3v) is 6.54. The van der Waals surface area contributed by atoms with Gasteiger partial charge in [0.05, 0.1) is 22.8 Å². The molecule has 2 heterocycles. The Kier molecular flexibility index (Phi) is 8.88. The van der Waals surface area contributed by atoms with Crippen LogP contribution in [0.5, 0.6) is 0 Å². The predicted molar refractivity (Wildman–Crippen MR) is 135 cm³/mol. The van der Waals surface area contributed by atoms with Gasteiger partial charge >= 0.3 is 6.18 Å². The number of hydrogen-bond donors (Lipinski definition) is 2. The molecule has 8 nitrogen and oxygen atoms in total. The van der Waals surface area contributed by atoms with Gasteiger partial charge in [0.15, 0.2) is 0 Å². The number of anilines is 1. The average Bonchev–Trinajstić information content (AvgIpc) is 2.82. The van der Waals surface area contributed by atoms with E-state index in [1.165, 1.54) is 11.0 Å². The summed E-state index contributed by atoms with van der Waals surface area (Å²) in [6, 6.07) is 2.61. The maximum absolute atomic E-state index is 13.4. The number of alkyl halides is 3. The number of unbranched alkanes of at least 4 members (excludes halogenated alkanes) is 1. The molecule has 2 amide bonds. The molecule has 0 bridgehead atoms. The summed E-state index contributed by atoms with van der Waals surface area (Å²) in [6.07, 6.45) is -2.93. The molecule has 0 aliphatic carbocycles. The van der Waals surface area contributed by atoms with Crippen molar-refractivity contribution >= 4 is 29.4 Å². The van der Waals surface area contributed by atoms with Crippen LogP contribution in [0.4, 0.5) is 19.1 Å². The van der Waals surface area contributed by atoms with Gasteiger partial charge in [0.25, 0.3) is 11.5 Å². The molecule has 0 saturated heterocycles. The second-order valence-electron chi connectivity index (χ2n) is 9.43. The van der Waals surface area contributed by atoms with Crippen molar-refractivity contribution in [1.29, 1.82) is 0 Å². The molecule has 2 N–H and O–H groups in total. The van der Waals surface area contributed by atoms with Crippen LogP contribution in [0.3, 0.4) is 0 Å². The number of halogens is 4. The van der Waals surface area contributed by atoms with Gasteiger partial charge in [-0.25, -0.2) is 4.98 Å². The minimum absolute atomic E-state index is 0.0150. The summed E-state index contributed by atoms with van der Waals surface area (Å²) in [5.74, 6) is -0.316. The summed E-state index contributed by atoms with van der Waals surface area (Å²) in [7, 11) is 1.57. The van der Waals surface area contributed by atoms with E-state index >= 15 is 0 Å². The molecule has 1 aliphatic rings. The van der Waals surface area contributed by atoms with Gasteiger partial charge in [-0.2, -0.15) is 13.2 Å². The van der Waals surface area contributed by atoms with Crippen molar-refractivity contribution in [1.82, 2.24) is 19.8 Å². The number of nitrogens with one attached hydrogen (secondary N) is 2. The van der Waals surface area contributed by atoms with E-state index in [0.29, 0.717) is 43.0 Å². The van der Waals surface area contributed by atoms with E-state index in [4.69, 9.17) is 11.6 Å². The first kappa shape index (κ1) is 28.5. The number of carbonyl (C=O) groups is 2. The Hall–Kier alpha value is -3.08. The van der Waals surface area contributed by atoms with Crippen LogP contribution < -0.4 is 16.2 Å². The number of nitrogens with zero attached hydrogens (tertiary/aromatic N) is 3. The Morgan fingerprint density at radius 2 is 1.95 bits per heavy atom. The molecule has 1 atom stereocenters. The van der Waals surface area contributed by atoms with Gasteiger partial charge in [-0.1, -0.05) is 11.6 Å². The van der Waals surface area contributed by atoms with Crippen molar-refractivity contribution in [2.45, 2.75) is 77.8 Å². The lowest BCUT2D eigenvalue weighted by Crippen LogP contribution is -2.46. The average molecular weight is 542 g/mol. The summed E-state index contributed by atoms with van der Waals surface area (Å²) < 4.78 is 41.5. The highest BCUT2D eigenvalue weighted by Crippen LogP contribution is 2.35. The molecule has 0 radical (unpaired) electrons. The van der Waals surface area contributed by atoms with Crippen LogP contribution in [-0.4, -0.2) is 45.4 Å². The van der Waals surface area contributed by atoms with E-state index in [0.717, 1.165) is 12.1 Å². The molecule has 0 spiro atoms. The van der Waals surface area contributed by atoms with Gasteiger partial charge in [-0.15, -0.1) is 0 Å². The molecule has 0 fully saturated rings. The molecule has 1 aromatic carbocycles. The minimum Gasteiger partial charge on any atom is -0.359 e. The second kappa shape index (κ2) is 11.5. The molecule has 37 heavy (non-hydrogen) atoms. The molecule has 1 aliphatic heterocycles. The highest BCUT2D eigenvalue weighted by molar-refractivity contribution is 6.31. The number of carbonyl (C=O) groups excluding carboxylic acids is 2. The third kappa shape index (κ3) is 6.63. The summed E-state index contributed by atoms with van der Waals surface area (Å²) in [5, 5.41) is 5.26. The van der Waals surface area contributed by atoms with E-state index in [-0.39, 0.29) is 36.0 Å². The molecule has 0 unspecified atom stereocenters. The van der Waals surface area contributed by atoms with Crippen molar-refractivity contribution in [2.24, 2.45) is 0 Å². The SMILES string of the molecule is CNC(=O)CCCCn1c(NC(C)C)nc2c(c1=O)C[C@@H](C)N(C(=O)c1ccc(Cl)c(C(F)(F)F)c1)C2. The van der Waals surface area contributed by atoms with Gasteiger partial charge in [-0.3, -0.25) is 19.0 Å². The maximum atomic E-state index is 13.4. The highest BCUT2D eigenvalue weighted by atomic mass is 35.5. The predicted octanol–water partition coefficient (Wildman–Crippen LogP) is 4.24. The maximum Gasteiger partial charge on any atom is 0.417 e. The zero-order valence-corrected chi connectivity index (χ0v) is 22.0.